The summed E-state index contributed by atoms with van der Waals surface area (Å²) in [6.45, 7) is 2.61. The Morgan fingerprint density at radius 2 is 2.00 bits per heavy atom. The van der Waals surface area contributed by atoms with Gasteiger partial charge < -0.3 is 19.7 Å². The van der Waals surface area contributed by atoms with Gasteiger partial charge in [0.05, 0.1) is 18.8 Å². The topological polar surface area (TPSA) is 67.9 Å². The Hall–Kier alpha value is -2.08. The number of nitrogens with one attached hydrogen (secondary N) is 1. The fourth-order valence-corrected chi connectivity index (χ4v) is 1.87. The van der Waals surface area contributed by atoms with Crippen molar-refractivity contribution in [3.05, 3.63) is 29.8 Å². The van der Waals surface area contributed by atoms with Crippen LogP contribution in [-0.2, 0) is 14.3 Å². The maximum Gasteiger partial charge on any atom is 0.325 e. The third-order valence-corrected chi connectivity index (χ3v) is 2.90. The van der Waals surface area contributed by atoms with E-state index in [-0.39, 0.29) is 19.1 Å². The molecule has 1 N–H and O–H groups in total. The number of esters is 1. The monoisotopic (exact) mass is 294 g/mol. The van der Waals surface area contributed by atoms with Crippen molar-refractivity contribution in [1.82, 2.24) is 4.90 Å². The molecule has 0 aliphatic carbocycles. The van der Waals surface area contributed by atoms with Crippen LogP contribution in [0.3, 0.4) is 0 Å². The van der Waals surface area contributed by atoms with E-state index in [1.807, 2.05) is 12.1 Å². The highest BCUT2D eigenvalue weighted by Gasteiger charge is 2.21. The second kappa shape index (κ2) is 8.97. The molecule has 1 rings (SSSR count). The molecule has 1 aromatic carbocycles. The average molecular weight is 294 g/mol. The number of hydrogen-bond donors (Lipinski definition) is 1. The molecule has 0 atom stereocenters. The molecule has 0 aliphatic heterocycles. The highest BCUT2D eigenvalue weighted by atomic mass is 16.5. The second-order valence-electron chi connectivity index (χ2n) is 4.32. The van der Waals surface area contributed by atoms with Crippen molar-refractivity contribution in [3.63, 3.8) is 0 Å². The van der Waals surface area contributed by atoms with Crippen molar-refractivity contribution in [2.24, 2.45) is 0 Å². The molecule has 0 spiro atoms. The van der Waals surface area contributed by atoms with Crippen LogP contribution in [0.5, 0.6) is 0 Å². The van der Waals surface area contributed by atoms with Crippen LogP contribution in [0.25, 0.3) is 0 Å². The predicted octanol–water partition coefficient (Wildman–Crippen LogP) is 1.38. The summed E-state index contributed by atoms with van der Waals surface area (Å²) in [4.78, 5) is 25.7. The maximum absolute atomic E-state index is 12.6. The molecule has 0 radical (unpaired) electrons. The number of nitrogens with zero attached hydrogens (tertiary/aromatic N) is 1. The van der Waals surface area contributed by atoms with Gasteiger partial charge in [-0.05, 0) is 19.1 Å². The van der Waals surface area contributed by atoms with E-state index >= 15 is 0 Å². The fourth-order valence-electron chi connectivity index (χ4n) is 1.87. The molecule has 0 heterocycles. The van der Waals surface area contributed by atoms with Gasteiger partial charge in [-0.2, -0.15) is 0 Å². The number of methoxy groups -OCH3 is 1. The van der Waals surface area contributed by atoms with Crippen molar-refractivity contribution in [2.45, 2.75) is 6.92 Å². The van der Waals surface area contributed by atoms with E-state index in [2.05, 4.69) is 5.32 Å². The minimum absolute atomic E-state index is 0.0892. The lowest BCUT2D eigenvalue weighted by Crippen LogP contribution is -2.39. The molecule has 0 fully saturated rings. The molecule has 1 amide bonds. The number of benzene rings is 1. The van der Waals surface area contributed by atoms with Crippen LogP contribution < -0.4 is 5.32 Å². The number of anilines is 1. The zero-order valence-electron chi connectivity index (χ0n) is 12.7. The lowest BCUT2D eigenvalue weighted by molar-refractivity contribution is -0.143. The number of amides is 1. The first kappa shape index (κ1) is 17.0. The van der Waals surface area contributed by atoms with Gasteiger partial charge in [0.15, 0.2) is 0 Å². The van der Waals surface area contributed by atoms with Crippen LogP contribution in [0, 0.1) is 0 Å². The molecule has 116 valence electrons. The van der Waals surface area contributed by atoms with E-state index in [0.717, 1.165) is 0 Å². The summed E-state index contributed by atoms with van der Waals surface area (Å²) in [6.07, 6.45) is 0. The van der Waals surface area contributed by atoms with Gasteiger partial charge in [-0.15, -0.1) is 0 Å². The van der Waals surface area contributed by atoms with Crippen LogP contribution in [0.4, 0.5) is 5.69 Å². The maximum atomic E-state index is 12.6. The summed E-state index contributed by atoms with van der Waals surface area (Å²) in [7, 11) is 3.30. The number of carbonyl (C=O) groups is 2. The van der Waals surface area contributed by atoms with Crippen LogP contribution in [0.2, 0.25) is 0 Å². The smallest absolute Gasteiger partial charge is 0.325 e. The van der Waals surface area contributed by atoms with Crippen LogP contribution in [0.15, 0.2) is 24.3 Å². The molecular formula is C15H22N2O4. The van der Waals surface area contributed by atoms with Crippen LogP contribution in [-0.4, -0.2) is 57.2 Å². The van der Waals surface area contributed by atoms with Crippen LogP contribution in [0.1, 0.15) is 17.3 Å². The molecule has 0 bridgehead atoms. The van der Waals surface area contributed by atoms with Gasteiger partial charge in [0, 0.05) is 26.4 Å². The van der Waals surface area contributed by atoms with Crippen molar-refractivity contribution >= 4 is 17.6 Å². The lowest BCUT2D eigenvalue weighted by Gasteiger charge is -2.22. The highest BCUT2D eigenvalue weighted by Crippen LogP contribution is 2.16. The van der Waals surface area contributed by atoms with Crippen LogP contribution >= 0.6 is 0 Å². The van der Waals surface area contributed by atoms with E-state index < -0.39 is 5.97 Å². The van der Waals surface area contributed by atoms with E-state index in [4.69, 9.17) is 9.47 Å². The summed E-state index contributed by atoms with van der Waals surface area (Å²) < 4.78 is 9.90. The van der Waals surface area contributed by atoms with Crippen molar-refractivity contribution in [3.8, 4) is 0 Å². The molecule has 6 heteroatoms. The Labute approximate surface area is 125 Å². The van der Waals surface area contributed by atoms with Gasteiger partial charge in [-0.1, -0.05) is 12.1 Å². The summed E-state index contributed by atoms with van der Waals surface area (Å²) in [6, 6.07) is 7.16. The predicted molar refractivity (Wildman–Crippen MR) is 80.4 cm³/mol. The van der Waals surface area contributed by atoms with Gasteiger partial charge in [0.1, 0.15) is 6.54 Å². The van der Waals surface area contributed by atoms with Gasteiger partial charge >= 0.3 is 5.97 Å². The van der Waals surface area contributed by atoms with Crippen molar-refractivity contribution in [1.29, 1.82) is 0 Å². The van der Waals surface area contributed by atoms with Crippen molar-refractivity contribution < 1.29 is 19.1 Å². The quantitative estimate of drug-likeness (QED) is 0.734. The Kier molecular flexibility index (Phi) is 7.25. The largest absolute Gasteiger partial charge is 0.465 e. The first-order valence-corrected chi connectivity index (χ1v) is 6.84. The Bertz CT molecular complexity index is 476. The molecule has 0 unspecified atom stereocenters. The van der Waals surface area contributed by atoms with E-state index in [9.17, 15) is 9.59 Å². The first-order valence-electron chi connectivity index (χ1n) is 6.84. The van der Waals surface area contributed by atoms with E-state index in [0.29, 0.717) is 24.4 Å². The number of hydrogen-bond acceptors (Lipinski definition) is 5. The molecule has 0 saturated heterocycles. The zero-order valence-corrected chi connectivity index (χ0v) is 12.7. The van der Waals surface area contributed by atoms with E-state index in [1.54, 1.807) is 33.2 Å². The molecular weight excluding hydrogens is 272 g/mol. The molecule has 6 nitrogen and oxygen atoms in total. The van der Waals surface area contributed by atoms with Gasteiger partial charge in [-0.25, -0.2) is 0 Å². The molecule has 0 aliphatic rings. The summed E-state index contributed by atoms with van der Waals surface area (Å²) >= 11 is 0. The standard InChI is InChI=1S/C15H22N2O4/c1-4-21-14(18)11-17(9-10-20-3)15(19)12-7-5-6-8-13(12)16-2/h5-8,16H,4,9-11H2,1-3H3. The first-order chi connectivity index (χ1) is 10.1. The normalized spacial score (nSPS) is 10.0. The third-order valence-electron chi connectivity index (χ3n) is 2.90. The van der Waals surface area contributed by atoms with Gasteiger partial charge in [0.25, 0.3) is 5.91 Å². The SMILES string of the molecule is CCOC(=O)CN(CCOC)C(=O)c1ccccc1NC. The molecule has 0 saturated carbocycles. The summed E-state index contributed by atoms with van der Waals surface area (Å²) in [5.41, 5.74) is 1.23. The number of carbonyl (C=O) groups excluding carboxylic acids is 2. The Balaban J connectivity index is 2.90. The van der Waals surface area contributed by atoms with E-state index in [1.165, 1.54) is 4.90 Å². The lowest BCUT2D eigenvalue weighted by atomic mass is 10.1. The summed E-state index contributed by atoms with van der Waals surface area (Å²) in [5.74, 6) is -0.658. The average Bonchev–Trinajstić information content (AvgIpc) is 2.50. The fraction of sp³-hybridized carbons (Fsp3) is 0.467. The summed E-state index contributed by atoms with van der Waals surface area (Å²) in [5, 5.41) is 2.97. The highest BCUT2D eigenvalue weighted by molar-refractivity contribution is 6.00. The molecule has 0 aromatic heterocycles. The number of para-hydroxylation sites is 1. The Morgan fingerprint density at radius 1 is 1.29 bits per heavy atom. The van der Waals surface area contributed by atoms with Crippen molar-refractivity contribution in [2.75, 3.05) is 45.8 Å². The molecule has 21 heavy (non-hydrogen) atoms. The minimum atomic E-state index is -0.427. The zero-order chi connectivity index (χ0) is 15.7. The molecule has 1 aromatic rings. The minimum Gasteiger partial charge on any atom is -0.465 e. The van der Waals surface area contributed by atoms with Gasteiger partial charge in [-0.3, -0.25) is 9.59 Å². The third kappa shape index (κ3) is 5.07. The number of ether oxygens (including phenoxy) is 2. The second-order valence-corrected chi connectivity index (χ2v) is 4.32. The Morgan fingerprint density at radius 3 is 2.62 bits per heavy atom. The van der Waals surface area contributed by atoms with Gasteiger partial charge in [0.2, 0.25) is 0 Å². The number of rotatable bonds is 8.